The Kier molecular flexibility index (Phi) is 4.82. The summed E-state index contributed by atoms with van der Waals surface area (Å²) in [4.78, 5) is 14.0. The van der Waals surface area contributed by atoms with Crippen LogP contribution in [0.3, 0.4) is 0 Å². The summed E-state index contributed by atoms with van der Waals surface area (Å²) in [6.07, 6.45) is 1.76. The summed E-state index contributed by atoms with van der Waals surface area (Å²) in [7, 11) is 0. The summed E-state index contributed by atoms with van der Waals surface area (Å²) in [6.45, 7) is 3.80. The zero-order chi connectivity index (χ0) is 16.3. The van der Waals surface area contributed by atoms with Gasteiger partial charge in [-0.05, 0) is 24.5 Å². The molecule has 0 bridgehead atoms. The maximum Gasteiger partial charge on any atom is 0.348 e. The smallest absolute Gasteiger partial charge is 0.348 e. The first-order valence-electron chi connectivity index (χ1n) is 8.06. The second kappa shape index (κ2) is 6.84. The van der Waals surface area contributed by atoms with E-state index >= 15 is 0 Å². The zero-order valence-electron chi connectivity index (χ0n) is 13.0. The average molecular weight is 323 g/mol. The molecule has 2 aliphatic heterocycles. The van der Waals surface area contributed by atoms with Crippen molar-refractivity contribution >= 4 is 5.97 Å². The minimum Gasteiger partial charge on any atom is -0.478 e. The van der Waals surface area contributed by atoms with E-state index in [1.165, 1.54) is 12.1 Å². The number of aliphatic carboxylic acids is 1. The number of carbonyl (C=O) groups is 1. The van der Waals surface area contributed by atoms with E-state index < -0.39 is 17.4 Å². The SMILES string of the molecule is O=C(O)C1(Oc2ccccc2F)CCN(CC2CCOC2)CC1. The van der Waals surface area contributed by atoms with Gasteiger partial charge in [0.2, 0.25) is 5.60 Å². The molecule has 1 N–H and O–H groups in total. The largest absolute Gasteiger partial charge is 0.478 e. The predicted octanol–water partition coefficient (Wildman–Crippen LogP) is 2.16. The molecule has 0 saturated carbocycles. The molecule has 2 fully saturated rings. The number of nitrogens with zero attached hydrogens (tertiary/aromatic N) is 1. The van der Waals surface area contributed by atoms with Crippen LogP contribution in [0.5, 0.6) is 5.75 Å². The summed E-state index contributed by atoms with van der Waals surface area (Å²) >= 11 is 0. The fraction of sp³-hybridized carbons (Fsp3) is 0.588. The normalized spacial score (nSPS) is 24.5. The number of likely N-dealkylation sites (tertiary alicyclic amines) is 1. The van der Waals surface area contributed by atoms with Crippen LogP contribution in [0.1, 0.15) is 19.3 Å². The van der Waals surface area contributed by atoms with Crippen LogP contribution in [-0.4, -0.2) is 54.4 Å². The third-order valence-electron chi connectivity index (χ3n) is 4.74. The summed E-state index contributed by atoms with van der Waals surface area (Å²) in [5, 5.41) is 9.63. The van der Waals surface area contributed by atoms with Crippen molar-refractivity contribution in [3.05, 3.63) is 30.1 Å². The van der Waals surface area contributed by atoms with Gasteiger partial charge in [-0.2, -0.15) is 0 Å². The fourth-order valence-electron chi connectivity index (χ4n) is 3.29. The van der Waals surface area contributed by atoms with Gasteiger partial charge in [0.15, 0.2) is 11.6 Å². The van der Waals surface area contributed by atoms with Crippen LogP contribution < -0.4 is 4.74 Å². The predicted molar refractivity (Wildman–Crippen MR) is 82.0 cm³/mol. The lowest BCUT2D eigenvalue weighted by Crippen LogP contribution is -2.54. The Morgan fingerprint density at radius 3 is 2.74 bits per heavy atom. The Morgan fingerprint density at radius 2 is 2.13 bits per heavy atom. The third-order valence-corrected chi connectivity index (χ3v) is 4.74. The van der Waals surface area contributed by atoms with E-state index in [9.17, 15) is 14.3 Å². The molecule has 0 radical (unpaired) electrons. The van der Waals surface area contributed by atoms with E-state index in [-0.39, 0.29) is 5.75 Å². The van der Waals surface area contributed by atoms with Crippen LogP contribution in [0, 0.1) is 11.7 Å². The van der Waals surface area contributed by atoms with Crippen molar-refractivity contribution in [1.29, 1.82) is 0 Å². The lowest BCUT2D eigenvalue weighted by atomic mass is 9.90. The number of carboxylic acids is 1. The molecule has 5 nitrogen and oxygen atoms in total. The molecule has 1 aromatic carbocycles. The standard InChI is InChI=1S/C17H22FNO4/c18-14-3-1-2-4-15(14)23-17(16(20)21)6-8-19(9-7-17)11-13-5-10-22-12-13/h1-4,13H,5-12H2,(H,20,21). The third kappa shape index (κ3) is 3.64. The van der Waals surface area contributed by atoms with Crippen molar-refractivity contribution in [1.82, 2.24) is 4.90 Å². The molecule has 1 atom stereocenters. The molecule has 1 aromatic rings. The first-order valence-corrected chi connectivity index (χ1v) is 8.06. The molecule has 0 amide bonds. The number of piperidine rings is 1. The van der Waals surface area contributed by atoms with Gasteiger partial charge >= 0.3 is 5.97 Å². The molecule has 23 heavy (non-hydrogen) atoms. The Hall–Kier alpha value is -1.66. The molecule has 3 rings (SSSR count). The van der Waals surface area contributed by atoms with Crippen molar-refractivity contribution in [2.75, 3.05) is 32.8 Å². The number of carboxylic acid groups (broad SMARTS) is 1. The molecule has 1 unspecified atom stereocenters. The van der Waals surface area contributed by atoms with Gasteiger partial charge in [0, 0.05) is 39.1 Å². The van der Waals surface area contributed by atoms with Gasteiger partial charge in [0.05, 0.1) is 6.61 Å². The first-order chi connectivity index (χ1) is 11.1. The number of ether oxygens (including phenoxy) is 2. The van der Waals surface area contributed by atoms with E-state index in [4.69, 9.17) is 9.47 Å². The lowest BCUT2D eigenvalue weighted by Gasteiger charge is -2.39. The van der Waals surface area contributed by atoms with Crippen molar-refractivity contribution in [2.24, 2.45) is 5.92 Å². The molecule has 6 heteroatoms. The summed E-state index contributed by atoms with van der Waals surface area (Å²) < 4.78 is 24.8. The quantitative estimate of drug-likeness (QED) is 0.900. The summed E-state index contributed by atoms with van der Waals surface area (Å²) in [5.74, 6) is -1.02. The number of hydrogen-bond donors (Lipinski definition) is 1. The first kappa shape index (κ1) is 16.2. The molecular formula is C17H22FNO4. The molecule has 0 spiro atoms. The van der Waals surface area contributed by atoms with E-state index in [1.807, 2.05) is 0 Å². The minimum atomic E-state index is -1.34. The van der Waals surface area contributed by atoms with E-state index in [1.54, 1.807) is 12.1 Å². The van der Waals surface area contributed by atoms with Crippen molar-refractivity contribution in [2.45, 2.75) is 24.9 Å². The van der Waals surface area contributed by atoms with E-state index in [0.29, 0.717) is 31.8 Å². The van der Waals surface area contributed by atoms with Crippen molar-refractivity contribution < 1.29 is 23.8 Å². The van der Waals surface area contributed by atoms with Crippen molar-refractivity contribution in [3.63, 3.8) is 0 Å². The maximum atomic E-state index is 13.8. The molecule has 0 aromatic heterocycles. The van der Waals surface area contributed by atoms with Gasteiger partial charge < -0.3 is 19.5 Å². The Morgan fingerprint density at radius 1 is 1.39 bits per heavy atom. The number of hydrogen-bond acceptors (Lipinski definition) is 4. The van der Waals surface area contributed by atoms with E-state index in [2.05, 4.69) is 4.90 Å². The van der Waals surface area contributed by atoms with Crippen LogP contribution in [0.4, 0.5) is 4.39 Å². The van der Waals surface area contributed by atoms with Gasteiger partial charge in [-0.15, -0.1) is 0 Å². The van der Waals surface area contributed by atoms with Gasteiger partial charge in [0.25, 0.3) is 0 Å². The molecule has 0 aliphatic carbocycles. The van der Waals surface area contributed by atoms with Crippen LogP contribution in [-0.2, 0) is 9.53 Å². The van der Waals surface area contributed by atoms with Gasteiger partial charge in [-0.25, -0.2) is 9.18 Å². The van der Waals surface area contributed by atoms with Crippen LogP contribution in [0.15, 0.2) is 24.3 Å². The minimum absolute atomic E-state index is 0.00698. The second-order valence-corrected chi connectivity index (χ2v) is 6.36. The molecule has 2 heterocycles. The monoisotopic (exact) mass is 323 g/mol. The molecular weight excluding hydrogens is 301 g/mol. The second-order valence-electron chi connectivity index (χ2n) is 6.36. The van der Waals surface area contributed by atoms with E-state index in [0.717, 1.165) is 26.2 Å². The number of halogens is 1. The van der Waals surface area contributed by atoms with Crippen LogP contribution in [0.25, 0.3) is 0 Å². The van der Waals surface area contributed by atoms with Gasteiger partial charge in [-0.1, -0.05) is 12.1 Å². The maximum absolute atomic E-state index is 13.8. The zero-order valence-corrected chi connectivity index (χ0v) is 13.0. The Balaban J connectivity index is 1.64. The Labute approximate surface area is 135 Å². The van der Waals surface area contributed by atoms with Gasteiger partial charge in [0.1, 0.15) is 0 Å². The van der Waals surface area contributed by atoms with Crippen LogP contribution >= 0.6 is 0 Å². The molecule has 2 saturated heterocycles. The molecule has 2 aliphatic rings. The number of rotatable bonds is 5. The number of benzene rings is 1. The van der Waals surface area contributed by atoms with Crippen LogP contribution in [0.2, 0.25) is 0 Å². The topological polar surface area (TPSA) is 59.0 Å². The summed E-state index contributed by atoms with van der Waals surface area (Å²) in [5.41, 5.74) is -1.34. The highest BCUT2D eigenvalue weighted by Gasteiger charge is 2.44. The number of para-hydroxylation sites is 1. The highest BCUT2D eigenvalue weighted by molar-refractivity contribution is 5.78. The average Bonchev–Trinajstić information content (AvgIpc) is 3.04. The highest BCUT2D eigenvalue weighted by atomic mass is 19.1. The van der Waals surface area contributed by atoms with Gasteiger partial charge in [-0.3, -0.25) is 0 Å². The highest BCUT2D eigenvalue weighted by Crippen LogP contribution is 2.31. The summed E-state index contributed by atoms with van der Waals surface area (Å²) in [6, 6.07) is 5.95. The molecule has 126 valence electrons. The lowest BCUT2D eigenvalue weighted by molar-refractivity contribution is -0.160. The fourth-order valence-corrected chi connectivity index (χ4v) is 3.29. The Bertz CT molecular complexity index is 551. The van der Waals surface area contributed by atoms with Crippen molar-refractivity contribution in [3.8, 4) is 5.75 Å².